The maximum absolute atomic E-state index is 12.0. The number of para-hydroxylation sites is 2. The summed E-state index contributed by atoms with van der Waals surface area (Å²) in [5.74, 6) is -0.839. The van der Waals surface area contributed by atoms with E-state index in [1.165, 1.54) is 11.8 Å². The number of nitrogens with zero attached hydrogens (tertiary/aromatic N) is 1. The summed E-state index contributed by atoms with van der Waals surface area (Å²) in [5.41, 5.74) is 0.505. The molecule has 1 aliphatic heterocycles. The molecule has 1 N–H and O–H groups in total. The molecule has 0 saturated heterocycles. The lowest BCUT2D eigenvalue weighted by molar-refractivity contribution is -0.140. The quantitative estimate of drug-likeness (QED) is 0.838. The molecule has 1 aliphatic rings. The Morgan fingerprint density at radius 3 is 2.76 bits per heavy atom. The summed E-state index contributed by atoms with van der Waals surface area (Å²) in [6.45, 7) is 3.09. The topological polar surface area (TPSA) is 66.8 Å². The minimum atomic E-state index is -1.04. The van der Waals surface area contributed by atoms with E-state index in [1.54, 1.807) is 31.2 Å². The summed E-state index contributed by atoms with van der Waals surface area (Å²) < 4.78 is 5.42. The third kappa shape index (κ3) is 1.84. The highest BCUT2D eigenvalue weighted by atomic mass is 16.5. The first-order valence-corrected chi connectivity index (χ1v) is 5.34. The highest BCUT2D eigenvalue weighted by molar-refractivity contribution is 6.03. The molecular formula is C12H13NO4. The molecule has 0 fully saturated rings. The van der Waals surface area contributed by atoms with Gasteiger partial charge in [0, 0.05) is 0 Å². The van der Waals surface area contributed by atoms with Crippen LogP contribution in [0, 0.1) is 0 Å². The van der Waals surface area contributed by atoms with Crippen LogP contribution in [0.5, 0.6) is 5.75 Å². The lowest BCUT2D eigenvalue weighted by Gasteiger charge is -2.35. The average Bonchev–Trinajstić information content (AvgIpc) is 2.30. The third-order valence-corrected chi connectivity index (χ3v) is 2.76. The number of hydrogen-bond acceptors (Lipinski definition) is 3. The first-order valence-electron chi connectivity index (χ1n) is 5.34. The molecule has 2 rings (SSSR count). The van der Waals surface area contributed by atoms with Crippen LogP contribution in [0.2, 0.25) is 0 Å². The van der Waals surface area contributed by atoms with Crippen LogP contribution in [0.25, 0.3) is 0 Å². The van der Waals surface area contributed by atoms with E-state index in [4.69, 9.17) is 9.84 Å². The van der Waals surface area contributed by atoms with E-state index in [1.807, 2.05) is 0 Å². The molecule has 1 aromatic carbocycles. The van der Waals surface area contributed by atoms with E-state index >= 15 is 0 Å². The smallest absolute Gasteiger partial charge is 0.326 e. The van der Waals surface area contributed by atoms with Crippen LogP contribution in [-0.2, 0) is 9.59 Å². The van der Waals surface area contributed by atoms with Crippen molar-refractivity contribution in [2.45, 2.75) is 26.0 Å². The van der Waals surface area contributed by atoms with Gasteiger partial charge in [-0.15, -0.1) is 0 Å². The molecule has 90 valence electrons. The Labute approximate surface area is 98.6 Å². The molecule has 0 bridgehead atoms. The van der Waals surface area contributed by atoms with Crippen molar-refractivity contribution in [3.63, 3.8) is 0 Å². The van der Waals surface area contributed by atoms with Gasteiger partial charge in [0.15, 0.2) is 6.10 Å². The lowest BCUT2D eigenvalue weighted by atomic mass is 10.1. The Balaban J connectivity index is 2.49. The second-order valence-electron chi connectivity index (χ2n) is 3.95. The molecule has 0 aliphatic carbocycles. The van der Waals surface area contributed by atoms with Crippen LogP contribution in [-0.4, -0.2) is 29.1 Å². The van der Waals surface area contributed by atoms with Crippen LogP contribution >= 0.6 is 0 Å². The molecule has 1 aromatic rings. The van der Waals surface area contributed by atoms with Crippen LogP contribution < -0.4 is 9.64 Å². The van der Waals surface area contributed by atoms with Crippen molar-refractivity contribution in [1.29, 1.82) is 0 Å². The zero-order chi connectivity index (χ0) is 12.6. The maximum atomic E-state index is 12.0. The van der Waals surface area contributed by atoms with Gasteiger partial charge >= 0.3 is 5.97 Å². The zero-order valence-electron chi connectivity index (χ0n) is 9.58. The Kier molecular flexibility index (Phi) is 2.75. The fraction of sp³-hybridized carbons (Fsp3) is 0.333. The number of carboxylic acid groups (broad SMARTS) is 1. The van der Waals surface area contributed by atoms with Crippen molar-refractivity contribution < 1.29 is 19.4 Å². The number of hydrogen-bond donors (Lipinski definition) is 1. The molecule has 17 heavy (non-hydrogen) atoms. The number of anilines is 1. The fourth-order valence-corrected chi connectivity index (χ4v) is 1.82. The number of carbonyl (C=O) groups excluding carboxylic acids is 1. The van der Waals surface area contributed by atoms with E-state index in [2.05, 4.69) is 0 Å². The van der Waals surface area contributed by atoms with Crippen LogP contribution in [0.4, 0.5) is 5.69 Å². The lowest BCUT2D eigenvalue weighted by Crippen LogP contribution is -2.51. The number of ether oxygens (including phenoxy) is 1. The van der Waals surface area contributed by atoms with Crippen molar-refractivity contribution in [2.24, 2.45) is 0 Å². The summed E-state index contributed by atoms with van der Waals surface area (Å²) >= 11 is 0. The van der Waals surface area contributed by atoms with Gasteiger partial charge in [-0.2, -0.15) is 0 Å². The fourth-order valence-electron chi connectivity index (χ4n) is 1.82. The number of carbonyl (C=O) groups is 2. The molecule has 0 aromatic heterocycles. The summed E-state index contributed by atoms with van der Waals surface area (Å²) in [6.07, 6.45) is -0.660. The molecule has 1 heterocycles. The van der Waals surface area contributed by atoms with E-state index in [9.17, 15) is 9.59 Å². The summed E-state index contributed by atoms with van der Waals surface area (Å²) in [5, 5.41) is 9.03. The van der Waals surface area contributed by atoms with E-state index < -0.39 is 18.1 Å². The minimum Gasteiger partial charge on any atom is -0.480 e. The van der Waals surface area contributed by atoms with Gasteiger partial charge in [-0.25, -0.2) is 4.79 Å². The number of benzene rings is 1. The molecule has 0 saturated carbocycles. The van der Waals surface area contributed by atoms with Crippen LogP contribution in [0.3, 0.4) is 0 Å². The van der Waals surface area contributed by atoms with Crippen LogP contribution in [0.1, 0.15) is 13.8 Å². The molecule has 5 heteroatoms. The van der Waals surface area contributed by atoms with Gasteiger partial charge in [-0.05, 0) is 26.0 Å². The third-order valence-electron chi connectivity index (χ3n) is 2.76. The van der Waals surface area contributed by atoms with Gasteiger partial charge in [-0.1, -0.05) is 12.1 Å². The van der Waals surface area contributed by atoms with E-state index in [-0.39, 0.29) is 5.91 Å². The second kappa shape index (κ2) is 4.08. The van der Waals surface area contributed by atoms with Gasteiger partial charge in [-0.3, -0.25) is 9.69 Å². The Morgan fingerprint density at radius 1 is 1.47 bits per heavy atom. The Morgan fingerprint density at radius 2 is 2.12 bits per heavy atom. The second-order valence-corrected chi connectivity index (χ2v) is 3.95. The SMILES string of the molecule is CC1Oc2ccccc2N(C(C)C(=O)O)C1=O. The van der Waals surface area contributed by atoms with Crippen molar-refractivity contribution >= 4 is 17.6 Å². The predicted octanol–water partition coefficient (Wildman–Crippen LogP) is 1.27. The van der Waals surface area contributed by atoms with Crippen LogP contribution in [0.15, 0.2) is 24.3 Å². The van der Waals surface area contributed by atoms with Gasteiger partial charge in [0.1, 0.15) is 11.8 Å². The van der Waals surface area contributed by atoms with Crippen molar-refractivity contribution in [1.82, 2.24) is 0 Å². The van der Waals surface area contributed by atoms with Crippen molar-refractivity contribution in [3.8, 4) is 5.75 Å². The average molecular weight is 235 g/mol. The van der Waals surface area contributed by atoms with E-state index in [0.29, 0.717) is 11.4 Å². The van der Waals surface area contributed by atoms with E-state index in [0.717, 1.165) is 0 Å². The summed E-state index contributed by atoms with van der Waals surface area (Å²) in [7, 11) is 0. The molecular weight excluding hydrogens is 222 g/mol. The number of rotatable bonds is 2. The first-order chi connectivity index (χ1) is 8.02. The number of fused-ring (bicyclic) bond motifs is 1. The summed E-state index contributed by atoms with van der Waals surface area (Å²) in [6, 6.07) is 6.02. The predicted molar refractivity (Wildman–Crippen MR) is 61.1 cm³/mol. The zero-order valence-corrected chi connectivity index (χ0v) is 9.58. The minimum absolute atomic E-state index is 0.335. The Hall–Kier alpha value is -2.04. The largest absolute Gasteiger partial charge is 0.480 e. The van der Waals surface area contributed by atoms with Gasteiger partial charge < -0.3 is 9.84 Å². The van der Waals surface area contributed by atoms with Gasteiger partial charge in [0.2, 0.25) is 0 Å². The summed E-state index contributed by atoms with van der Waals surface area (Å²) in [4.78, 5) is 24.3. The number of amides is 1. The molecule has 0 radical (unpaired) electrons. The van der Waals surface area contributed by atoms with Gasteiger partial charge in [0.25, 0.3) is 5.91 Å². The molecule has 0 spiro atoms. The Bertz CT molecular complexity index is 471. The number of carboxylic acids is 1. The van der Waals surface area contributed by atoms with Crippen molar-refractivity contribution in [2.75, 3.05) is 4.90 Å². The van der Waals surface area contributed by atoms with Gasteiger partial charge in [0.05, 0.1) is 5.69 Å². The highest BCUT2D eigenvalue weighted by Gasteiger charge is 2.36. The number of aliphatic carboxylic acids is 1. The molecule has 5 nitrogen and oxygen atoms in total. The maximum Gasteiger partial charge on any atom is 0.326 e. The monoisotopic (exact) mass is 235 g/mol. The molecule has 1 amide bonds. The molecule has 2 atom stereocenters. The first kappa shape index (κ1) is 11.4. The standard InChI is InChI=1S/C12H13NO4/c1-7(12(15)16)13-9-5-3-4-6-10(9)17-8(2)11(13)14/h3-8H,1-2H3,(H,15,16). The highest BCUT2D eigenvalue weighted by Crippen LogP contribution is 2.34. The van der Waals surface area contributed by atoms with Crippen molar-refractivity contribution in [3.05, 3.63) is 24.3 Å². The molecule has 2 unspecified atom stereocenters. The normalized spacial score (nSPS) is 20.5.